The first kappa shape index (κ1) is 12.6. The molecule has 5 heteroatoms. The third-order valence-corrected chi connectivity index (χ3v) is 2.79. The van der Waals surface area contributed by atoms with Crippen molar-refractivity contribution in [2.45, 2.75) is 13.0 Å². The van der Waals surface area contributed by atoms with E-state index in [0.29, 0.717) is 0 Å². The van der Waals surface area contributed by atoms with Crippen molar-refractivity contribution in [3.05, 3.63) is 42.0 Å². The lowest BCUT2D eigenvalue weighted by Gasteiger charge is -2.06. The maximum absolute atomic E-state index is 5.19. The molecule has 1 heterocycles. The van der Waals surface area contributed by atoms with Crippen molar-refractivity contribution < 1.29 is 4.74 Å². The third-order valence-electron chi connectivity index (χ3n) is 2.79. The molecule has 0 radical (unpaired) electrons. The van der Waals surface area contributed by atoms with E-state index in [1.807, 2.05) is 29.8 Å². The molecule has 0 aliphatic carbocycles. The van der Waals surface area contributed by atoms with Gasteiger partial charge in [0.05, 0.1) is 7.11 Å². The summed E-state index contributed by atoms with van der Waals surface area (Å²) in [7, 11) is 3.64. The second-order valence-electron chi connectivity index (χ2n) is 4.14. The van der Waals surface area contributed by atoms with Gasteiger partial charge < -0.3 is 14.6 Å². The molecule has 0 bridgehead atoms. The van der Waals surface area contributed by atoms with Gasteiger partial charge in [0.2, 0.25) is 0 Å². The molecular formula is C13H18N4O. The van der Waals surface area contributed by atoms with Crippen molar-refractivity contribution in [1.29, 1.82) is 0 Å². The Morgan fingerprint density at radius 3 is 3.00 bits per heavy atom. The van der Waals surface area contributed by atoms with Crippen LogP contribution < -0.4 is 10.1 Å². The maximum Gasteiger partial charge on any atom is 0.133 e. The maximum atomic E-state index is 5.19. The molecule has 0 aliphatic heterocycles. The van der Waals surface area contributed by atoms with E-state index in [0.717, 1.165) is 31.1 Å². The van der Waals surface area contributed by atoms with Gasteiger partial charge in [-0.1, -0.05) is 12.1 Å². The molecule has 5 nitrogen and oxygen atoms in total. The van der Waals surface area contributed by atoms with Crippen molar-refractivity contribution in [2.75, 3.05) is 13.7 Å². The first-order valence-corrected chi connectivity index (χ1v) is 5.96. The molecule has 0 atom stereocenters. The molecule has 18 heavy (non-hydrogen) atoms. The van der Waals surface area contributed by atoms with Gasteiger partial charge in [0.1, 0.15) is 17.9 Å². The largest absolute Gasteiger partial charge is 0.497 e. The van der Waals surface area contributed by atoms with Crippen molar-refractivity contribution in [2.24, 2.45) is 7.05 Å². The van der Waals surface area contributed by atoms with E-state index in [1.54, 1.807) is 13.4 Å². The molecule has 96 valence electrons. The average molecular weight is 246 g/mol. The summed E-state index contributed by atoms with van der Waals surface area (Å²) in [5.74, 6) is 1.88. The number of ether oxygens (including phenoxy) is 1. The molecular weight excluding hydrogens is 228 g/mol. The van der Waals surface area contributed by atoms with E-state index in [9.17, 15) is 0 Å². The number of hydrogen-bond acceptors (Lipinski definition) is 4. The Bertz CT molecular complexity index is 495. The van der Waals surface area contributed by atoms with Crippen molar-refractivity contribution in [3.8, 4) is 5.75 Å². The van der Waals surface area contributed by atoms with Crippen LogP contribution in [-0.4, -0.2) is 28.4 Å². The lowest BCUT2D eigenvalue weighted by molar-refractivity contribution is 0.414. The molecule has 0 aliphatic rings. The number of aryl methyl sites for hydroxylation is 1. The number of nitrogens with zero attached hydrogens (tertiary/aromatic N) is 3. The second-order valence-corrected chi connectivity index (χ2v) is 4.14. The van der Waals surface area contributed by atoms with E-state index >= 15 is 0 Å². The van der Waals surface area contributed by atoms with Crippen LogP contribution in [0.5, 0.6) is 5.75 Å². The first-order chi connectivity index (χ1) is 8.79. The number of methoxy groups -OCH3 is 1. The summed E-state index contributed by atoms with van der Waals surface area (Å²) >= 11 is 0. The Labute approximate surface area is 107 Å². The minimum atomic E-state index is 0.828. The Kier molecular flexibility index (Phi) is 4.30. The smallest absolute Gasteiger partial charge is 0.133 e. The minimum Gasteiger partial charge on any atom is -0.497 e. The van der Waals surface area contributed by atoms with Crippen LogP contribution in [0.3, 0.4) is 0 Å². The van der Waals surface area contributed by atoms with Crippen molar-refractivity contribution in [1.82, 2.24) is 20.1 Å². The zero-order valence-electron chi connectivity index (χ0n) is 10.8. The normalized spacial score (nSPS) is 10.6. The Hall–Kier alpha value is -1.88. The van der Waals surface area contributed by atoms with Crippen LogP contribution in [0.4, 0.5) is 0 Å². The fourth-order valence-electron chi connectivity index (χ4n) is 1.75. The number of rotatable bonds is 6. The standard InChI is InChI=1S/C13H18N4O/c1-17-10-15-16-13(17)6-7-14-9-11-4-3-5-12(8-11)18-2/h3-5,8,10,14H,6-7,9H2,1-2H3. The van der Waals surface area contributed by atoms with E-state index in [-0.39, 0.29) is 0 Å². The fraction of sp³-hybridized carbons (Fsp3) is 0.385. The van der Waals surface area contributed by atoms with E-state index in [2.05, 4.69) is 21.6 Å². The van der Waals surface area contributed by atoms with Crippen LogP contribution in [-0.2, 0) is 20.0 Å². The summed E-state index contributed by atoms with van der Waals surface area (Å²) < 4.78 is 7.12. The monoisotopic (exact) mass is 246 g/mol. The zero-order chi connectivity index (χ0) is 12.8. The van der Waals surface area contributed by atoms with E-state index in [4.69, 9.17) is 4.74 Å². The van der Waals surface area contributed by atoms with E-state index in [1.165, 1.54) is 5.56 Å². The topological polar surface area (TPSA) is 52.0 Å². The predicted octanol–water partition coefficient (Wildman–Crippen LogP) is 1.16. The predicted molar refractivity (Wildman–Crippen MR) is 69.4 cm³/mol. The molecule has 1 N–H and O–H groups in total. The highest BCUT2D eigenvalue weighted by atomic mass is 16.5. The van der Waals surface area contributed by atoms with Gasteiger partial charge in [-0.15, -0.1) is 10.2 Å². The highest BCUT2D eigenvalue weighted by Crippen LogP contribution is 2.11. The molecule has 1 aromatic carbocycles. The van der Waals surface area contributed by atoms with Crippen LogP contribution in [0, 0.1) is 0 Å². The van der Waals surface area contributed by atoms with Crippen molar-refractivity contribution >= 4 is 0 Å². The highest BCUT2D eigenvalue weighted by molar-refractivity contribution is 5.28. The summed E-state index contributed by atoms with van der Waals surface area (Å²) in [4.78, 5) is 0. The molecule has 2 aromatic rings. The number of nitrogens with one attached hydrogen (secondary N) is 1. The summed E-state index contributed by atoms with van der Waals surface area (Å²) in [6.45, 7) is 1.71. The van der Waals surface area contributed by atoms with Gasteiger partial charge in [0.25, 0.3) is 0 Å². The molecule has 0 fully saturated rings. The van der Waals surface area contributed by atoms with Crippen LogP contribution in [0.1, 0.15) is 11.4 Å². The minimum absolute atomic E-state index is 0.828. The molecule has 0 spiro atoms. The SMILES string of the molecule is COc1cccc(CNCCc2nncn2C)c1. The van der Waals surface area contributed by atoms with Crippen LogP contribution in [0.2, 0.25) is 0 Å². The van der Waals surface area contributed by atoms with E-state index < -0.39 is 0 Å². The summed E-state index contributed by atoms with van der Waals surface area (Å²) in [5.41, 5.74) is 1.22. The molecule has 2 rings (SSSR count). The van der Waals surface area contributed by atoms with Gasteiger partial charge in [-0.2, -0.15) is 0 Å². The molecule has 1 aromatic heterocycles. The second kappa shape index (κ2) is 6.16. The number of hydrogen-bond donors (Lipinski definition) is 1. The fourth-order valence-corrected chi connectivity index (χ4v) is 1.75. The average Bonchev–Trinajstić information content (AvgIpc) is 2.81. The lowest BCUT2D eigenvalue weighted by atomic mass is 10.2. The van der Waals surface area contributed by atoms with Crippen LogP contribution in [0.25, 0.3) is 0 Å². The van der Waals surface area contributed by atoms with Gasteiger partial charge in [0.15, 0.2) is 0 Å². The highest BCUT2D eigenvalue weighted by Gasteiger charge is 2.00. The summed E-state index contributed by atoms with van der Waals surface area (Å²) in [6, 6.07) is 8.06. The van der Waals surface area contributed by atoms with Gasteiger partial charge in [-0.05, 0) is 17.7 Å². The van der Waals surface area contributed by atoms with Crippen LogP contribution in [0.15, 0.2) is 30.6 Å². The molecule has 0 saturated carbocycles. The van der Waals surface area contributed by atoms with Gasteiger partial charge >= 0.3 is 0 Å². The van der Waals surface area contributed by atoms with Gasteiger partial charge in [0, 0.05) is 26.6 Å². The Morgan fingerprint density at radius 1 is 1.39 bits per heavy atom. The first-order valence-electron chi connectivity index (χ1n) is 5.96. The zero-order valence-corrected chi connectivity index (χ0v) is 10.8. The Balaban J connectivity index is 1.76. The third kappa shape index (κ3) is 3.30. The summed E-state index contributed by atoms with van der Waals surface area (Å²) in [6.07, 6.45) is 2.60. The number of benzene rings is 1. The van der Waals surface area contributed by atoms with Crippen molar-refractivity contribution in [3.63, 3.8) is 0 Å². The summed E-state index contributed by atoms with van der Waals surface area (Å²) in [5, 5.41) is 11.3. The molecule has 0 saturated heterocycles. The van der Waals surface area contributed by atoms with Crippen LogP contribution >= 0.6 is 0 Å². The molecule has 0 amide bonds. The molecule has 0 unspecified atom stereocenters. The van der Waals surface area contributed by atoms with Gasteiger partial charge in [-0.25, -0.2) is 0 Å². The lowest BCUT2D eigenvalue weighted by Crippen LogP contribution is -2.18. The Morgan fingerprint density at radius 2 is 2.28 bits per heavy atom. The number of aromatic nitrogens is 3. The quantitative estimate of drug-likeness (QED) is 0.777. The van der Waals surface area contributed by atoms with Gasteiger partial charge in [-0.3, -0.25) is 0 Å².